The van der Waals surface area contributed by atoms with E-state index in [1.54, 1.807) is 19.5 Å². The first-order valence-corrected chi connectivity index (χ1v) is 12.1. The standard InChI is InChI=1S/C23H34S2/c1-3-5-6-7-9-21-15-17-23(25-21)19-12-10-18(11-13-19)22-16-14-20(24-22)8-4-2/h14-19H,3-13H2,1-2H3. The Morgan fingerprint density at radius 3 is 1.76 bits per heavy atom. The maximum Gasteiger partial charge on any atom is 0.00791 e. The van der Waals surface area contributed by atoms with Crippen molar-refractivity contribution < 1.29 is 0 Å². The van der Waals surface area contributed by atoms with Gasteiger partial charge in [0.1, 0.15) is 0 Å². The fourth-order valence-electron chi connectivity index (χ4n) is 4.13. The van der Waals surface area contributed by atoms with Gasteiger partial charge >= 0.3 is 0 Å². The van der Waals surface area contributed by atoms with Gasteiger partial charge in [-0.05, 0) is 81.0 Å². The topological polar surface area (TPSA) is 0 Å². The molecule has 0 radical (unpaired) electrons. The summed E-state index contributed by atoms with van der Waals surface area (Å²) < 4.78 is 0. The summed E-state index contributed by atoms with van der Waals surface area (Å²) in [7, 11) is 0. The Balaban J connectivity index is 1.47. The van der Waals surface area contributed by atoms with E-state index in [1.807, 2.05) is 0 Å². The van der Waals surface area contributed by atoms with E-state index in [-0.39, 0.29) is 0 Å². The van der Waals surface area contributed by atoms with Crippen molar-refractivity contribution in [3.63, 3.8) is 0 Å². The molecule has 2 aromatic rings. The van der Waals surface area contributed by atoms with Crippen LogP contribution in [0.3, 0.4) is 0 Å². The lowest BCUT2D eigenvalue weighted by Gasteiger charge is -2.27. The molecule has 2 aromatic heterocycles. The Hall–Kier alpha value is -0.600. The Kier molecular flexibility index (Phi) is 7.61. The predicted octanol–water partition coefficient (Wildman–Crippen LogP) is 8.33. The third-order valence-corrected chi connectivity index (χ3v) is 8.28. The van der Waals surface area contributed by atoms with Crippen LogP contribution in [0.1, 0.15) is 103 Å². The molecule has 2 heterocycles. The van der Waals surface area contributed by atoms with Crippen molar-refractivity contribution in [3.05, 3.63) is 43.8 Å². The zero-order valence-electron chi connectivity index (χ0n) is 16.1. The highest BCUT2D eigenvalue weighted by Crippen LogP contribution is 2.44. The van der Waals surface area contributed by atoms with Crippen LogP contribution in [-0.4, -0.2) is 0 Å². The van der Waals surface area contributed by atoms with Gasteiger partial charge < -0.3 is 0 Å². The Morgan fingerprint density at radius 1 is 0.680 bits per heavy atom. The highest BCUT2D eigenvalue weighted by Gasteiger charge is 2.25. The number of hydrogen-bond donors (Lipinski definition) is 0. The number of hydrogen-bond acceptors (Lipinski definition) is 2. The van der Waals surface area contributed by atoms with E-state index in [9.17, 15) is 0 Å². The molecular formula is C23H34S2. The number of thiophene rings is 2. The quantitative estimate of drug-likeness (QED) is 0.387. The molecular weight excluding hydrogens is 340 g/mol. The number of unbranched alkanes of at least 4 members (excludes halogenated alkanes) is 3. The van der Waals surface area contributed by atoms with Crippen molar-refractivity contribution in [1.82, 2.24) is 0 Å². The Labute approximate surface area is 162 Å². The van der Waals surface area contributed by atoms with Crippen LogP contribution in [0.25, 0.3) is 0 Å². The van der Waals surface area contributed by atoms with Gasteiger partial charge in [-0.2, -0.15) is 0 Å². The van der Waals surface area contributed by atoms with Crippen LogP contribution in [-0.2, 0) is 12.8 Å². The molecule has 0 nitrogen and oxygen atoms in total. The minimum absolute atomic E-state index is 0.834. The molecule has 3 rings (SSSR count). The molecule has 0 unspecified atom stereocenters. The molecule has 0 aromatic carbocycles. The molecule has 1 aliphatic rings. The maximum atomic E-state index is 2.44. The molecule has 1 fully saturated rings. The van der Waals surface area contributed by atoms with Crippen LogP contribution < -0.4 is 0 Å². The van der Waals surface area contributed by atoms with E-state index >= 15 is 0 Å². The van der Waals surface area contributed by atoms with Crippen LogP contribution in [0.15, 0.2) is 24.3 Å². The first kappa shape index (κ1) is 19.2. The normalized spacial score (nSPS) is 20.9. The van der Waals surface area contributed by atoms with Crippen molar-refractivity contribution in [2.75, 3.05) is 0 Å². The molecule has 138 valence electrons. The second kappa shape index (κ2) is 9.92. The third kappa shape index (κ3) is 5.44. The highest BCUT2D eigenvalue weighted by molar-refractivity contribution is 7.12. The predicted molar refractivity (Wildman–Crippen MR) is 114 cm³/mol. The summed E-state index contributed by atoms with van der Waals surface area (Å²) in [5.74, 6) is 1.67. The lowest BCUT2D eigenvalue weighted by atomic mass is 9.81. The molecule has 1 saturated carbocycles. The molecule has 2 heteroatoms. The van der Waals surface area contributed by atoms with Gasteiger partial charge in [-0.3, -0.25) is 0 Å². The molecule has 0 amide bonds. The third-order valence-electron chi connectivity index (χ3n) is 5.67. The zero-order chi connectivity index (χ0) is 17.5. The van der Waals surface area contributed by atoms with Gasteiger partial charge in [-0.25, -0.2) is 0 Å². The van der Waals surface area contributed by atoms with Crippen LogP contribution in [0, 0.1) is 0 Å². The zero-order valence-corrected chi connectivity index (χ0v) is 17.7. The molecule has 1 aliphatic carbocycles. The van der Waals surface area contributed by atoms with E-state index in [4.69, 9.17) is 0 Å². The second-order valence-corrected chi connectivity index (χ2v) is 10.1. The van der Waals surface area contributed by atoms with Crippen LogP contribution in [0.5, 0.6) is 0 Å². The van der Waals surface area contributed by atoms with Gasteiger partial charge in [0.25, 0.3) is 0 Å². The fraction of sp³-hybridized carbons (Fsp3) is 0.652. The lowest BCUT2D eigenvalue weighted by molar-refractivity contribution is 0.403. The van der Waals surface area contributed by atoms with Crippen molar-refractivity contribution in [3.8, 4) is 0 Å². The van der Waals surface area contributed by atoms with Gasteiger partial charge in [0.2, 0.25) is 0 Å². The second-order valence-electron chi connectivity index (χ2n) is 7.72. The first-order valence-electron chi connectivity index (χ1n) is 10.5. The van der Waals surface area contributed by atoms with Gasteiger partial charge in [-0.1, -0.05) is 39.5 Å². The Bertz CT molecular complexity index is 614. The van der Waals surface area contributed by atoms with Crippen molar-refractivity contribution in [1.29, 1.82) is 0 Å². The van der Waals surface area contributed by atoms with Gasteiger partial charge in [0.05, 0.1) is 0 Å². The summed E-state index contributed by atoms with van der Waals surface area (Å²) in [5, 5.41) is 0. The molecule has 25 heavy (non-hydrogen) atoms. The monoisotopic (exact) mass is 374 g/mol. The van der Waals surface area contributed by atoms with E-state index in [0.29, 0.717) is 0 Å². The molecule has 0 atom stereocenters. The van der Waals surface area contributed by atoms with Crippen molar-refractivity contribution in [2.24, 2.45) is 0 Å². The lowest BCUT2D eigenvalue weighted by Crippen LogP contribution is -2.10. The molecule has 0 aliphatic heterocycles. The van der Waals surface area contributed by atoms with Crippen molar-refractivity contribution >= 4 is 22.7 Å². The van der Waals surface area contributed by atoms with Crippen LogP contribution in [0.2, 0.25) is 0 Å². The molecule has 0 spiro atoms. The van der Waals surface area contributed by atoms with E-state index in [2.05, 4.69) is 60.8 Å². The SMILES string of the molecule is CCCCCCc1ccc(C2CCC(c3ccc(CCC)s3)CC2)s1. The van der Waals surface area contributed by atoms with E-state index < -0.39 is 0 Å². The molecule has 0 bridgehead atoms. The summed E-state index contributed by atoms with van der Waals surface area (Å²) in [6.07, 6.45) is 14.9. The van der Waals surface area contributed by atoms with E-state index in [1.165, 1.54) is 70.6 Å². The smallest absolute Gasteiger partial charge is 0.00791 e. The minimum Gasteiger partial charge on any atom is -0.145 e. The minimum atomic E-state index is 0.834. The Morgan fingerprint density at radius 2 is 1.24 bits per heavy atom. The largest absolute Gasteiger partial charge is 0.145 e. The van der Waals surface area contributed by atoms with Gasteiger partial charge in [0, 0.05) is 19.5 Å². The van der Waals surface area contributed by atoms with E-state index in [0.717, 1.165) is 11.8 Å². The molecule has 0 saturated heterocycles. The van der Waals surface area contributed by atoms with Gasteiger partial charge in [0.15, 0.2) is 0 Å². The van der Waals surface area contributed by atoms with Crippen LogP contribution in [0.4, 0.5) is 0 Å². The summed E-state index contributed by atoms with van der Waals surface area (Å²) in [6, 6.07) is 9.64. The van der Waals surface area contributed by atoms with Crippen LogP contribution >= 0.6 is 22.7 Å². The summed E-state index contributed by atoms with van der Waals surface area (Å²) in [6.45, 7) is 4.57. The first-order chi connectivity index (χ1) is 12.3. The average Bonchev–Trinajstić information content (AvgIpc) is 3.29. The summed E-state index contributed by atoms with van der Waals surface area (Å²) in [5.41, 5.74) is 0. The van der Waals surface area contributed by atoms with Gasteiger partial charge in [-0.15, -0.1) is 22.7 Å². The fourth-order valence-corrected chi connectivity index (χ4v) is 6.64. The number of aryl methyl sites for hydroxylation is 2. The maximum absolute atomic E-state index is 2.44. The number of rotatable bonds is 9. The highest BCUT2D eigenvalue weighted by atomic mass is 32.1. The molecule has 0 N–H and O–H groups in total. The van der Waals surface area contributed by atoms with Crippen molar-refractivity contribution in [2.45, 2.75) is 96.3 Å². The summed E-state index contributed by atoms with van der Waals surface area (Å²) >= 11 is 4.19. The summed E-state index contributed by atoms with van der Waals surface area (Å²) in [4.78, 5) is 6.53. The average molecular weight is 375 g/mol.